The lowest BCUT2D eigenvalue weighted by molar-refractivity contribution is -0.153. The fraction of sp³-hybridized carbons (Fsp3) is 0.882. The molecule has 1 saturated carbocycles. The quantitative estimate of drug-likeness (QED) is 0.847. The van der Waals surface area contributed by atoms with Crippen LogP contribution in [-0.4, -0.2) is 34.8 Å². The SMILES string of the molecule is CC(C)CCCC(C)N1CC(=O)NC2(CCCCC2)C1=O. The highest BCUT2D eigenvalue weighted by Crippen LogP contribution is 2.33. The van der Waals surface area contributed by atoms with Crippen LogP contribution < -0.4 is 5.32 Å². The van der Waals surface area contributed by atoms with Gasteiger partial charge in [0.15, 0.2) is 0 Å². The number of nitrogens with zero attached hydrogens (tertiary/aromatic N) is 1. The van der Waals surface area contributed by atoms with Crippen LogP contribution in [0.2, 0.25) is 0 Å². The monoisotopic (exact) mass is 294 g/mol. The summed E-state index contributed by atoms with van der Waals surface area (Å²) in [7, 11) is 0. The standard InChI is InChI=1S/C17H30N2O2/c1-13(2)8-7-9-14(3)19-12-15(20)18-17(16(19)21)10-5-4-6-11-17/h13-14H,4-12H2,1-3H3,(H,18,20). The van der Waals surface area contributed by atoms with Crippen LogP contribution in [-0.2, 0) is 9.59 Å². The van der Waals surface area contributed by atoms with E-state index in [0.717, 1.165) is 38.5 Å². The Balaban J connectivity index is 2.01. The molecule has 1 spiro atoms. The molecule has 2 rings (SSSR count). The van der Waals surface area contributed by atoms with E-state index in [-0.39, 0.29) is 24.4 Å². The molecular formula is C17H30N2O2. The number of hydrogen-bond acceptors (Lipinski definition) is 2. The number of carbonyl (C=O) groups excluding carboxylic acids is 2. The van der Waals surface area contributed by atoms with Crippen molar-refractivity contribution in [3.63, 3.8) is 0 Å². The molecule has 1 atom stereocenters. The van der Waals surface area contributed by atoms with E-state index >= 15 is 0 Å². The van der Waals surface area contributed by atoms with Gasteiger partial charge in [-0.2, -0.15) is 0 Å². The molecule has 2 fully saturated rings. The molecule has 0 aromatic carbocycles. The lowest BCUT2D eigenvalue weighted by Crippen LogP contribution is -2.68. The summed E-state index contributed by atoms with van der Waals surface area (Å²) in [4.78, 5) is 26.8. The Labute approximate surface area is 128 Å². The van der Waals surface area contributed by atoms with E-state index in [1.54, 1.807) is 0 Å². The predicted molar refractivity (Wildman–Crippen MR) is 83.8 cm³/mol. The zero-order valence-corrected chi connectivity index (χ0v) is 13.8. The maximum absolute atomic E-state index is 12.9. The van der Waals surface area contributed by atoms with E-state index in [9.17, 15) is 9.59 Å². The van der Waals surface area contributed by atoms with Crippen molar-refractivity contribution < 1.29 is 9.59 Å². The topological polar surface area (TPSA) is 49.4 Å². The van der Waals surface area contributed by atoms with Crippen LogP contribution >= 0.6 is 0 Å². The van der Waals surface area contributed by atoms with Gasteiger partial charge in [0, 0.05) is 6.04 Å². The third-order valence-electron chi connectivity index (χ3n) is 5.01. The lowest BCUT2D eigenvalue weighted by Gasteiger charge is -2.46. The van der Waals surface area contributed by atoms with Crippen LogP contribution in [0.5, 0.6) is 0 Å². The summed E-state index contributed by atoms with van der Waals surface area (Å²) in [6.45, 7) is 6.78. The van der Waals surface area contributed by atoms with Gasteiger partial charge in [-0.05, 0) is 32.1 Å². The van der Waals surface area contributed by atoms with Crippen molar-refractivity contribution in [2.24, 2.45) is 5.92 Å². The Hall–Kier alpha value is -1.06. The molecule has 1 heterocycles. The molecule has 4 nitrogen and oxygen atoms in total. The van der Waals surface area contributed by atoms with Crippen LogP contribution in [0.1, 0.15) is 72.1 Å². The first kappa shape index (κ1) is 16.3. The van der Waals surface area contributed by atoms with E-state index in [2.05, 4.69) is 26.1 Å². The van der Waals surface area contributed by atoms with Gasteiger partial charge in [0.2, 0.25) is 11.8 Å². The van der Waals surface area contributed by atoms with Crippen molar-refractivity contribution in [1.82, 2.24) is 10.2 Å². The van der Waals surface area contributed by atoms with Crippen molar-refractivity contribution in [3.8, 4) is 0 Å². The van der Waals surface area contributed by atoms with E-state index < -0.39 is 5.54 Å². The first-order chi connectivity index (χ1) is 9.94. The predicted octanol–water partition coefficient (Wildman–Crippen LogP) is 2.86. The van der Waals surface area contributed by atoms with Crippen molar-refractivity contribution in [2.45, 2.75) is 83.7 Å². The maximum atomic E-state index is 12.9. The third-order valence-corrected chi connectivity index (χ3v) is 5.01. The van der Waals surface area contributed by atoms with Crippen LogP contribution in [0, 0.1) is 5.92 Å². The van der Waals surface area contributed by atoms with Crippen molar-refractivity contribution >= 4 is 11.8 Å². The van der Waals surface area contributed by atoms with Gasteiger partial charge in [-0.15, -0.1) is 0 Å². The zero-order chi connectivity index (χ0) is 15.5. The molecule has 2 aliphatic rings. The Bertz CT molecular complexity index is 386. The molecule has 21 heavy (non-hydrogen) atoms. The van der Waals surface area contributed by atoms with E-state index in [0.29, 0.717) is 5.92 Å². The molecule has 1 aliphatic heterocycles. The van der Waals surface area contributed by atoms with Crippen molar-refractivity contribution in [1.29, 1.82) is 0 Å². The van der Waals surface area contributed by atoms with Gasteiger partial charge in [0.1, 0.15) is 5.54 Å². The van der Waals surface area contributed by atoms with Crippen LogP contribution in [0.15, 0.2) is 0 Å². The minimum atomic E-state index is -0.583. The Morgan fingerprint density at radius 3 is 2.38 bits per heavy atom. The molecular weight excluding hydrogens is 264 g/mol. The maximum Gasteiger partial charge on any atom is 0.249 e. The highest BCUT2D eigenvalue weighted by Gasteiger charge is 2.47. The molecule has 1 saturated heterocycles. The number of carbonyl (C=O) groups is 2. The zero-order valence-electron chi connectivity index (χ0n) is 13.8. The van der Waals surface area contributed by atoms with Crippen molar-refractivity contribution in [3.05, 3.63) is 0 Å². The van der Waals surface area contributed by atoms with Gasteiger partial charge in [0.25, 0.3) is 0 Å². The van der Waals surface area contributed by atoms with Gasteiger partial charge in [0.05, 0.1) is 6.54 Å². The normalized spacial score (nSPS) is 23.5. The fourth-order valence-electron chi connectivity index (χ4n) is 3.69. The molecule has 0 radical (unpaired) electrons. The summed E-state index contributed by atoms with van der Waals surface area (Å²) < 4.78 is 0. The van der Waals surface area contributed by atoms with Crippen molar-refractivity contribution in [2.75, 3.05) is 6.54 Å². The second-order valence-electron chi connectivity index (χ2n) is 7.30. The summed E-state index contributed by atoms with van der Waals surface area (Å²) in [5, 5.41) is 3.01. The van der Waals surface area contributed by atoms with E-state index in [1.807, 2.05) is 4.90 Å². The second kappa shape index (κ2) is 6.80. The highest BCUT2D eigenvalue weighted by molar-refractivity contribution is 5.98. The Kier molecular flexibility index (Phi) is 5.28. The minimum Gasteiger partial charge on any atom is -0.340 e. The molecule has 1 N–H and O–H groups in total. The summed E-state index contributed by atoms with van der Waals surface area (Å²) >= 11 is 0. The Morgan fingerprint density at radius 1 is 1.10 bits per heavy atom. The molecule has 0 aromatic heterocycles. The van der Waals surface area contributed by atoms with E-state index in [4.69, 9.17) is 0 Å². The second-order valence-corrected chi connectivity index (χ2v) is 7.30. The molecule has 4 heteroatoms. The molecule has 1 unspecified atom stereocenters. The van der Waals surface area contributed by atoms with Gasteiger partial charge >= 0.3 is 0 Å². The summed E-state index contributed by atoms with van der Waals surface area (Å²) in [6, 6.07) is 0.168. The average Bonchev–Trinajstić information content (AvgIpc) is 2.43. The molecule has 0 aromatic rings. The lowest BCUT2D eigenvalue weighted by atomic mass is 9.79. The largest absolute Gasteiger partial charge is 0.340 e. The first-order valence-corrected chi connectivity index (χ1v) is 8.57. The molecule has 1 aliphatic carbocycles. The summed E-state index contributed by atoms with van der Waals surface area (Å²) in [5.74, 6) is 0.883. The highest BCUT2D eigenvalue weighted by atomic mass is 16.2. The number of amides is 2. The summed E-state index contributed by atoms with van der Waals surface area (Å²) in [5.41, 5.74) is -0.583. The Morgan fingerprint density at radius 2 is 1.76 bits per heavy atom. The molecule has 0 bridgehead atoms. The third kappa shape index (κ3) is 3.78. The van der Waals surface area contributed by atoms with Gasteiger partial charge in [-0.25, -0.2) is 0 Å². The smallest absolute Gasteiger partial charge is 0.249 e. The summed E-state index contributed by atoms with van der Waals surface area (Å²) in [6.07, 6.45) is 8.19. The van der Waals surface area contributed by atoms with E-state index in [1.165, 1.54) is 12.8 Å². The number of hydrogen-bond donors (Lipinski definition) is 1. The number of piperazine rings is 1. The average molecular weight is 294 g/mol. The van der Waals surface area contributed by atoms with Crippen LogP contribution in [0.25, 0.3) is 0 Å². The van der Waals surface area contributed by atoms with Crippen LogP contribution in [0.3, 0.4) is 0 Å². The van der Waals surface area contributed by atoms with Crippen LogP contribution in [0.4, 0.5) is 0 Å². The molecule has 120 valence electrons. The number of rotatable bonds is 5. The molecule has 2 amide bonds. The first-order valence-electron chi connectivity index (χ1n) is 8.57. The fourth-order valence-corrected chi connectivity index (χ4v) is 3.69. The van der Waals surface area contributed by atoms with Gasteiger partial charge < -0.3 is 10.2 Å². The minimum absolute atomic E-state index is 0.0206. The van der Waals surface area contributed by atoms with Gasteiger partial charge in [-0.1, -0.05) is 46.0 Å². The van der Waals surface area contributed by atoms with Gasteiger partial charge in [-0.3, -0.25) is 9.59 Å². The number of nitrogens with one attached hydrogen (secondary N) is 1.